The van der Waals surface area contributed by atoms with E-state index < -0.39 is 0 Å². The van der Waals surface area contributed by atoms with Crippen molar-refractivity contribution in [2.24, 2.45) is 5.73 Å². The fourth-order valence-electron chi connectivity index (χ4n) is 2.33. The Morgan fingerprint density at radius 1 is 1.29 bits per heavy atom. The molecule has 1 aromatic rings. The predicted molar refractivity (Wildman–Crippen MR) is 69.0 cm³/mol. The molecule has 92 valence electrons. The van der Waals surface area contributed by atoms with Gasteiger partial charge in [-0.25, -0.2) is 0 Å². The topological polar surface area (TPSA) is 46.3 Å². The minimum Gasteiger partial charge on any atom is -0.339 e. The number of hydrogen-bond donors (Lipinski definition) is 1. The number of hydrogen-bond acceptors (Lipinski definition) is 2. The highest BCUT2D eigenvalue weighted by Crippen LogP contribution is 2.16. The number of benzene rings is 1. The van der Waals surface area contributed by atoms with Crippen LogP contribution in [0, 0.1) is 13.8 Å². The molecule has 0 aliphatic carbocycles. The molecule has 1 aliphatic heterocycles. The number of piperidine rings is 1. The maximum absolute atomic E-state index is 12.3. The van der Waals surface area contributed by atoms with Crippen LogP contribution >= 0.6 is 0 Å². The van der Waals surface area contributed by atoms with Gasteiger partial charge in [0.05, 0.1) is 0 Å². The van der Waals surface area contributed by atoms with Gasteiger partial charge in [-0.15, -0.1) is 0 Å². The van der Waals surface area contributed by atoms with Gasteiger partial charge in [-0.3, -0.25) is 4.79 Å². The third kappa shape index (κ3) is 2.67. The summed E-state index contributed by atoms with van der Waals surface area (Å²) in [5, 5.41) is 0. The van der Waals surface area contributed by atoms with Crippen molar-refractivity contribution in [1.29, 1.82) is 0 Å². The molecule has 0 unspecified atom stereocenters. The van der Waals surface area contributed by atoms with Crippen molar-refractivity contribution < 1.29 is 4.79 Å². The number of nitrogens with two attached hydrogens (primary N) is 1. The number of nitrogens with zero attached hydrogens (tertiary/aromatic N) is 1. The highest BCUT2D eigenvalue weighted by molar-refractivity contribution is 5.95. The van der Waals surface area contributed by atoms with Crippen molar-refractivity contribution in [1.82, 2.24) is 4.90 Å². The predicted octanol–water partition coefficient (Wildman–Crippen LogP) is 1.87. The third-order valence-corrected chi connectivity index (χ3v) is 3.44. The number of rotatable bonds is 1. The highest BCUT2D eigenvalue weighted by Gasteiger charge is 2.22. The van der Waals surface area contributed by atoms with E-state index in [-0.39, 0.29) is 11.9 Å². The molecular weight excluding hydrogens is 212 g/mol. The molecule has 0 bridgehead atoms. The second-order valence-electron chi connectivity index (χ2n) is 4.95. The number of carbonyl (C=O) groups excluding carboxylic acids is 1. The van der Waals surface area contributed by atoms with E-state index in [1.54, 1.807) is 0 Å². The summed E-state index contributed by atoms with van der Waals surface area (Å²) in [6.07, 6.45) is 1.83. The van der Waals surface area contributed by atoms with Crippen LogP contribution in [-0.2, 0) is 0 Å². The lowest BCUT2D eigenvalue weighted by Gasteiger charge is -2.30. The Kier molecular flexibility index (Phi) is 3.48. The first-order chi connectivity index (χ1) is 8.08. The van der Waals surface area contributed by atoms with Crippen molar-refractivity contribution >= 4 is 5.91 Å². The van der Waals surface area contributed by atoms with Crippen LogP contribution < -0.4 is 5.73 Å². The average molecular weight is 232 g/mol. The molecule has 17 heavy (non-hydrogen) atoms. The maximum Gasteiger partial charge on any atom is 0.254 e. The standard InChI is InChI=1S/C14H20N2O/c1-10-3-4-13(11(2)9-10)14(17)16-7-5-12(15)6-8-16/h3-4,9,12H,5-8,15H2,1-2H3. The molecule has 0 atom stereocenters. The second kappa shape index (κ2) is 4.88. The van der Waals surface area contributed by atoms with Crippen molar-refractivity contribution in [3.05, 3.63) is 34.9 Å². The summed E-state index contributed by atoms with van der Waals surface area (Å²) in [6.45, 7) is 5.61. The van der Waals surface area contributed by atoms with Crippen LogP contribution in [0.4, 0.5) is 0 Å². The van der Waals surface area contributed by atoms with Gasteiger partial charge in [0.1, 0.15) is 0 Å². The Balaban J connectivity index is 2.14. The largest absolute Gasteiger partial charge is 0.339 e. The molecule has 0 saturated carbocycles. The number of likely N-dealkylation sites (tertiary alicyclic amines) is 1. The SMILES string of the molecule is Cc1ccc(C(=O)N2CCC(N)CC2)c(C)c1. The maximum atomic E-state index is 12.3. The van der Waals surface area contributed by atoms with E-state index in [2.05, 4.69) is 6.07 Å². The van der Waals surface area contributed by atoms with Gasteiger partial charge in [0, 0.05) is 24.7 Å². The second-order valence-corrected chi connectivity index (χ2v) is 4.95. The molecule has 1 aliphatic rings. The van der Waals surface area contributed by atoms with E-state index in [4.69, 9.17) is 5.73 Å². The van der Waals surface area contributed by atoms with Gasteiger partial charge in [0.15, 0.2) is 0 Å². The number of aryl methyl sites for hydroxylation is 2. The molecule has 3 heteroatoms. The molecular formula is C14H20N2O. The lowest BCUT2D eigenvalue weighted by Crippen LogP contribution is -2.43. The monoisotopic (exact) mass is 232 g/mol. The summed E-state index contributed by atoms with van der Waals surface area (Å²) in [6, 6.07) is 6.25. The van der Waals surface area contributed by atoms with Gasteiger partial charge < -0.3 is 10.6 Å². The van der Waals surface area contributed by atoms with E-state index in [0.717, 1.165) is 37.1 Å². The molecule has 1 saturated heterocycles. The minimum atomic E-state index is 0.148. The molecule has 1 heterocycles. The Hall–Kier alpha value is -1.35. The first-order valence-corrected chi connectivity index (χ1v) is 6.20. The molecule has 0 radical (unpaired) electrons. The van der Waals surface area contributed by atoms with Gasteiger partial charge >= 0.3 is 0 Å². The van der Waals surface area contributed by atoms with Gasteiger partial charge in [-0.05, 0) is 38.3 Å². The average Bonchev–Trinajstić information content (AvgIpc) is 2.29. The van der Waals surface area contributed by atoms with Crippen LogP contribution in [0.5, 0.6) is 0 Å². The van der Waals surface area contributed by atoms with Crippen LogP contribution in [-0.4, -0.2) is 29.9 Å². The van der Waals surface area contributed by atoms with Crippen molar-refractivity contribution in [2.75, 3.05) is 13.1 Å². The molecule has 0 spiro atoms. The smallest absolute Gasteiger partial charge is 0.254 e. The molecule has 1 amide bonds. The zero-order valence-electron chi connectivity index (χ0n) is 10.6. The molecule has 0 aromatic heterocycles. The van der Waals surface area contributed by atoms with Gasteiger partial charge in [0.2, 0.25) is 0 Å². The zero-order valence-corrected chi connectivity index (χ0v) is 10.6. The lowest BCUT2D eigenvalue weighted by atomic mass is 10.0. The molecule has 1 aromatic carbocycles. The van der Waals surface area contributed by atoms with Crippen molar-refractivity contribution in [2.45, 2.75) is 32.7 Å². The third-order valence-electron chi connectivity index (χ3n) is 3.44. The zero-order chi connectivity index (χ0) is 12.4. The molecule has 1 fully saturated rings. The minimum absolute atomic E-state index is 0.148. The molecule has 2 N–H and O–H groups in total. The normalized spacial score (nSPS) is 17.2. The van der Waals surface area contributed by atoms with Crippen LogP contribution in [0.1, 0.15) is 34.3 Å². The summed E-state index contributed by atoms with van der Waals surface area (Å²) in [5.74, 6) is 0.148. The quantitative estimate of drug-likeness (QED) is 0.803. The van der Waals surface area contributed by atoms with E-state index in [9.17, 15) is 4.79 Å². The fourth-order valence-corrected chi connectivity index (χ4v) is 2.33. The lowest BCUT2D eigenvalue weighted by molar-refractivity contribution is 0.0714. The Labute approximate surface area is 103 Å². The van der Waals surface area contributed by atoms with Crippen LogP contribution in [0.2, 0.25) is 0 Å². The Morgan fingerprint density at radius 3 is 2.53 bits per heavy atom. The van der Waals surface area contributed by atoms with Crippen LogP contribution in [0.3, 0.4) is 0 Å². The number of amides is 1. The summed E-state index contributed by atoms with van der Waals surface area (Å²) in [5.41, 5.74) is 8.93. The fraction of sp³-hybridized carbons (Fsp3) is 0.500. The summed E-state index contributed by atoms with van der Waals surface area (Å²) in [4.78, 5) is 14.2. The summed E-state index contributed by atoms with van der Waals surface area (Å²) < 4.78 is 0. The Morgan fingerprint density at radius 2 is 1.94 bits per heavy atom. The molecule has 3 nitrogen and oxygen atoms in total. The van der Waals surface area contributed by atoms with E-state index in [1.807, 2.05) is 30.9 Å². The highest BCUT2D eigenvalue weighted by atomic mass is 16.2. The number of carbonyl (C=O) groups is 1. The summed E-state index contributed by atoms with van der Waals surface area (Å²) in [7, 11) is 0. The van der Waals surface area contributed by atoms with Crippen molar-refractivity contribution in [3.63, 3.8) is 0 Å². The Bertz CT molecular complexity index is 420. The van der Waals surface area contributed by atoms with E-state index in [0.29, 0.717) is 0 Å². The van der Waals surface area contributed by atoms with Gasteiger partial charge in [-0.1, -0.05) is 17.7 Å². The van der Waals surface area contributed by atoms with Crippen LogP contribution in [0.25, 0.3) is 0 Å². The van der Waals surface area contributed by atoms with Gasteiger partial charge in [0.25, 0.3) is 5.91 Å². The van der Waals surface area contributed by atoms with E-state index >= 15 is 0 Å². The first kappa shape index (κ1) is 12.1. The van der Waals surface area contributed by atoms with E-state index in [1.165, 1.54) is 5.56 Å². The first-order valence-electron chi connectivity index (χ1n) is 6.20. The van der Waals surface area contributed by atoms with Crippen molar-refractivity contribution in [3.8, 4) is 0 Å². The van der Waals surface area contributed by atoms with Crippen LogP contribution in [0.15, 0.2) is 18.2 Å². The molecule has 2 rings (SSSR count). The summed E-state index contributed by atoms with van der Waals surface area (Å²) >= 11 is 0. The van der Waals surface area contributed by atoms with Gasteiger partial charge in [-0.2, -0.15) is 0 Å².